The van der Waals surface area contributed by atoms with Crippen molar-refractivity contribution in [3.8, 4) is 0 Å². The van der Waals surface area contributed by atoms with Gasteiger partial charge in [0.05, 0.1) is 11.9 Å². The Morgan fingerprint density at radius 1 is 1.17 bits per heavy atom. The van der Waals surface area contributed by atoms with Gasteiger partial charge in [0.25, 0.3) is 0 Å². The zero-order valence-electron chi connectivity index (χ0n) is 17.0. The van der Waals surface area contributed by atoms with Crippen molar-refractivity contribution in [2.75, 3.05) is 0 Å². The van der Waals surface area contributed by atoms with E-state index >= 15 is 0 Å². The molecule has 0 saturated heterocycles. The van der Waals surface area contributed by atoms with E-state index in [4.69, 9.17) is 11.5 Å². The maximum Gasteiger partial charge on any atom is 0.248 e. The summed E-state index contributed by atoms with van der Waals surface area (Å²) >= 11 is 1.60. The van der Waals surface area contributed by atoms with Gasteiger partial charge in [-0.3, -0.25) is 9.59 Å². The van der Waals surface area contributed by atoms with Crippen LogP contribution in [0.5, 0.6) is 0 Å². The van der Waals surface area contributed by atoms with Gasteiger partial charge in [0.1, 0.15) is 5.82 Å². The lowest BCUT2D eigenvalue weighted by molar-refractivity contribution is -0.114. The number of imidazole rings is 1. The van der Waals surface area contributed by atoms with Crippen LogP contribution in [-0.2, 0) is 24.2 Å². The Morgan fingerprint density at radius 3 is 2.53 bits per heavy atom. The molecule has 156 valence electrons. The third-order valence-electron chi connectivity index (χ3n) is 4.89. The highest BCUT2D eigenvalue weighted by atomic mass is 32.1. The summed E-state index contributed by atoms with van der Waals surface area (Å²) in [5.74, 6) is 0.0789. The van der Waals surface area contributed by atoms with Crippen molar-refractivity contribution >= 4 is 29.2 Å². The molecule has 2 heterocycles. The fourth-order valence-corrected chi connectivity index (χ4v) is 3.93. The predicted molar refractivity (Wildman–Crippen MR) is 120 cm³/mol. The second-order valence-electron chi connectivity index (χ2n) is 7.14. The van der Waals surface area contributed by atoms with Crippen LogP contribution in [0.4, 0.5) is 0 Å². The van der Waals surface area contributed by atoms with Crippen LogP contribution < -0.4 is 11.5 Å². The summed E-state index contributed by atoms with van der Waals surface area (Å²) in [4.78, 5) is 29.1. The highest BCUT2D eigenvalue weighted by Gasteiger charge is 2.13. The van der Waals surface area contributed by atoms with Gasteiger partial charge in [-0.1, -0.05) is 31.5 Å². The maximum absolute atomic E-state index is 12.1. The van der Waals surface area contributed by atoms with Crippen molar-refractivity contribution in [3.63, 3.8) is 0 Å². The quantitative estimate of drug-likeness (QED) is 0.488. The van der Waals surface area contributed by atoms with Crippen LogP contribution in [-0.4, -0.2) is 21.4 Å². The second-order valence-corrected chi connectivity index (χ2v) is 8.17. The van der Waals surface area contributed by atoms with Crippen LogP contribution in [0.15, 0.2) is 53.5 Å². The molecule has 0 aliphatic heterocycles. The van der Waals surface area contributed by atoms with Crippen molar-refractivity contribution in [3.05, 3.63) is 81.1 Å². The number of hydrogen-bond acceptors (Lipinski definition) is 4. The monoisotopic (exact) mass is 422 g/mol. The number of nitrogens with two attached hydrogens (primary N) is 2. The number of hydrogen-bond donors (Lipinski definition) is 2. The third-order valence-corrected chi connectivity index (χ3v) is 5.76. The summed E-state index contributed by atoms with van der Waals surface area (Å²) in [7, 11) is 0. The normalized spacial score (nSPS) is 11.6. The average molecular weight is 423 g/mol. The van der Waals surface area contributed by atoms with E-state index in [0.717, 1.165) is 41.2 Å². The molecule has 30 heavy (non-hydrogen) atoms. The molecule has 0 aliphatic carbocycles. The molecule has 0 unspecified atom stereocenters. The minimum absolute atomic E-state index is 0.433. The molecule has 0 spiro atoms. The first-order chi connectivity index (χ1) is 14.5. The standard InChI is InChI=1S/C23H26N4O2S/c1-2-3-6-21-26-14-19(12-18(23(25)29)13-20-5-4-11-30-20)27(21)15-16-7-9-17(10-8-16)22(24)28/h4-5,7-12,14H,2-3,6,13,15H2,1H3,(H2,24,28)(H2,25,29). The Morgan fingerprint density at radius 2 is 1.93 bits per heavy atom. The van der Waals surface area contributed by atoms with Crippen molar-refractivity contribution in [1.82, 2.24) is 9.55 Å². The molecule has 0 bridgehead atoms. The lowest BCUT2D eigenvalue weighted by Crippen LogP contribution is -2.16. The van der Waals surface area contributed by atoms with Crippen molar-refractivity contribution < 1.29 is 9.59 Å². The molecule has 0 atom stereocenters. The Hall–Kier alpha value is -3.19. The molecular formula is C23H26N4O2S. The van der Waals surface area contributed by atoms with Gasteiger partial charge in [0.2, 0.25) is 11.8 Å². The first-order valence-corrected chi connectivity index (χ1v) is 10.8. The van der Waals surface area contributed by atoms with Crippen molar-refractivity contribution in [2.24, 2.45) is 11.5 Å². The van der Waals surface area contributed by atoms with E-state index in [0.29, 0.717) is 24.1 Å². The van der Waals surface area contributed by atoms with Crippen LogP contribution in [0.3, 0.4) is 0 Å². The SMILES string of the molecule is CCCCc1ncc(C=C(Cc2cccs2)C(N)=O)n1Cc1ccc(C(N)=O)cc1. The number of benzene rings is 1. The van der Waals surface area contributed by atoms with Gasteiger partial charge >= 0.3 is 0 Å². The second kappa shape index (κ2) is 10.0. The Kier molecular flexibility index (Phi) is 7.19. The number of thiophene rings is 1. The lowest BCUT2D eigenvalue weighted by atomic mass is 10.1. The van der Waals surface area contributed by atoms with Gasteiger partial charge in [0, 0.05) is 35.4 Å². The summed E-state index contributed by atoms with van der Waals surface area (Å²) in [6, 6.07) is 11.2. The van der Waals surface area contributed by atoms with Crippen LogP contribution in [0, 0.1) is 0 Å². The summed E-state index contributed by atoms with van der Waals surface area (Å²) in [5, 5.41) is 1.98. The first-order valence-electron chi connectivity index (χ1n) is 9.93. The molecule has 3 rings (SSSR count). The Bertz CT molecular complexity index is 1030. The van der Waals surface area contributed by atoms with Gasteiger partial charge in [-0.2, -0.15) is 0 Å². The van der Waals surface area contributed by atoms with Crippen LogP contribution in [0.1, 0.15) is 52.1 Å². The molecule has 2 amide bonds. The fourth-order valence-electron chi connectivity index (χ4n) is 3.21. The van der Waals surface area contributed by atoms with E-state index in [1.807, 2.05) is 35.7 Å². The molecule has 0 radical (unpaired) electrons. The number of rotatable bonds is 10. The molecule has 0 fully saturated rings. The zero-order chi connectivity index (χ0) is 21.5. The molecule has 1 aromatic carbocycles. The van der Waals surface area contributed by atoms with Gasteiger partial charge in [0.15, 0.2) is 0 Å². The molecule has 2 aromatic heterocycles. The van der Waals surface area contributed by atoms with Crippen LogP contribution in [0.25, 0.3) is 6.08 Å². The smallest absolute Gasteiger partial charge is 0.248 e. The Balaban J connectivity index is 1.94. The molecule has 3 aromatic rings. The summed E-state index contributed by atoms with van der Waals surface area (Å²) in [6.07, 6.45) is 7.06. The van der Waals surface area contributed by atoms with Crippen LogP contribution >= 0.6 is 11.3 Å². The molecule has 6 nitrogen and oxygen atoms in total. The number of nitrogens with zero attached hydrogens (tertiary/aromatic N) is 2. The number of aromatic nitrogens is 2. The lowest BCUT2D eigenvalue weighted by Gasteiger charge is -2.12. The maximum atomic E-state index is 12.1. The molecule has 0 saturated carbocycles. The third kappa shape index (κ3) is 5.45. The molecule has 0 aliphatic rings. The average Bonchev–Trinajstić information content (AvgIpc) is 3.37. The minimum atomic E-state index is -0.448. The largest absolute Gasteiger partial charge is 0.366 e. The van der Waals surface area contributed by atoms with Gasteiger partial charge in [-0.15, -0.1) is 11.3 Å². The molecular weight excluding hydrogens is 396 g/mol. The van der Waals surface area contributed by atoms with E-state index in [1.54, 1.807) is 29.7 Å². The summed E-state index contributed by atoms with van der Waals surface area (Å²) in [5.41, 5.74) is 13.9. The van der Waals surface area contributed by atoms with Crippen molar-refractivity contribution in [2.45, 2.75) is 39.2 Å². The molecule has 7 heteroatoms. The summed E-state index contributed by atoms with van der Waals surface area (Å²) < 4.78 is 2.10. The number of carbonyl (C=O) groups is 2. The first kappa shape index (κ1) is 21.5. The Labute approximate surface area is 180 Å². The van der Waals surface area contributed by atoms with Gasteiger partial charge < -0.3 is 16.0 Å². The van der Waals surface area contributed by atoms with Crippen molar-refractivity contribution in [1.29, 1.82) is 0 Å². The van der Waals surface area contributed by atoms with E-state index in [2.05, 4.69) is 16.5 Å². The predicted octanol–water partition coefficient (Wildman–Crippen LogP) is 3.55. The highest BCUT2D eigenvalue weighted by Crippen LogP contribution is 2.19. The number of carbonyl (C=O) groups excluding carboxylic acids is 2. The number of primary amides is 2. The number of aryl methyl sites for hydroxylation is 1. The molecule has 4 N–H and O–H groups in total. The number of amides is 2. The fraction of sp³-hybridized carbons (Fsp3) is 0.261. The topological polar surface area (TPSA) is 104 Å². The summed E-state index contributed by atoms with van der Waals surface area (Å²) in [6.45, 7) is 2.72. The van der Waals surface area contributed by atoms with E-state index in [1.165, 1.54) is 0 Å². The number of unbranched alkanes of at least 4 members (excludes halogenated alkanes) is 1. The zero-order valence-corrected chi connectivity index (χ0v) is 17.8. The van der Waals surface area contributed by atoms with E-state index < -0.39 is 11.8 Å². The van der Waals surface area contributed by atoms with Gasteiger partial charge in [-0.25, -0.2) is 4.98 Å². The highest BCUT2D eigenvalue weighted by molar-refractivity contribution is 7.09. The van der Waals surface area contributed by atoms with E-state index in [-0.39, 0.29) is 0 Å². The van der Waals surface area contributed by atoms with E-state index in [9.17, 15) is 9.59 Å². The van der Waals surface area contributed by atoms with Crippen LogP contribution in [0.2, 0.25) is 0 Å². The minimum Gasteiger partial charge on any atom is -0.366 e. The van der Waals surface area contributed by atoms with Gasteiger partial charge in [-0.05, 0) is 41.6 Å².